The fraction of sp³-hybridized carbons (Fsp3) is 0.300. The summed E-state index contributed by atoms with van der Waals surface area (Å²) in [6, 6.07) is 12.7. The van der Waals surface area contributed by atoms with Gasteiger partial charge in [0.1, 0.15) is 5.75 Å². The second-order valence-corrected chi connectivity index (χ2v) is 5.89. The zero-order valence-corrected chi connectivity index (χ0v) is 16.6. The van der Waals surface area contributed by atoms with Crippen LogP contribution in [0.4, 0.5) is 4.79 Å². The highest BCUT2D eigenvalue weighted by molar-refractivity contribution is 6.32. The van der Waals surface area contributed by atoms with Gasteiger partial charge in [-0.15, -0.1) is 0 Å². The van der Waals surface area contributed by atoms with Crippen LogP contribution >= 0.6 is 11.6 Å². The van der Waals surface area contributed by atoms with Gasteiger partial charge in [-0.25, -0.2) is 10.2 Å². The lowest BCUT2D eigenvalue weighted by Gasteiger charge is -2.13. The molecule has 2 aromatic carbocycles. The van der Waals surface area contributed by atoms with E-state index >= 15 is 0 Å². The van der Waals surface area contributed by atoms with Crippen LogP contribution < -0.4 is 19.6 Å². The standard InChI is InChI=1S/C20H23ClN2O5/c1-3-26-19-13-15(14-22-23-20(24)25-2)9-10-18(19)28-12-6-11-27-17-8-5-4-7-16(17)21/h4-5,7-10,13-14H,3,6,11-12H2,1-2H3,(H,23,24)/b22-14-. The Labute approximate surface area is 169 Å². The van der Waals surface area contributed by atoms with Crippen molar-refractivity contribution in [3.63, 3.8) is 0 Å². The molecule has 8 heteroatoms. The van der Waals surface area contributed by atoms with E-state index in [0.29, 0.717) is 48.5 Å². The molecule has 0 aliphatic rings. The highest BCUT2D eigenvalue weighted by atomic mass is 35.5. The lowest BCUT2D eigenvalue weighted by molar-refractivity contribution is 0.171. The maximum atomic E-state index is 11.0. The van der Waals surface area contributed by atoms with Crippen LogP contribution in [0.1, 0.15) is 18.9 Å². The summed E-state index contributed by atoms with van der Waals surface area (Å²) in [4.78, 5) is 11.0. The van der Waals surface area contributed by atoms with Gasteiger partial charge in [0.25, 0.3) is 0 Å². The Kier molecular flexibility index (Phi) is 8.94. The molecule has 0 fully saturated rings. The number of methoxy groups -OCH3 is 1. The minimum absolute atomic E-state index is 0.460. The Morgan fingerprint density at radius 3 is 2.54 bits per heavy atom. The maximum absolute atomic E-state index is 11.0. The minimum atomic E-state index is -0.639. The van der Waals surface area contributed by atoms with E-state index in [-0.39, 0.29) is 0 Å². The number of para-hydroxylation sites is 1. The van der Waals surface area contributed by atoms with Crippen LogP contribution in [0, 0.1) is 0 Å². The summed E-state index contributed by atoms with van der Waals surface area (Å²) in [5.41, 5.74) is 2.97. The summed E-state index contributed by atoms with van der Waals surface area (Å²) in [5.74, 6) is 1.87. The molecule has 2 aromatic rings. The highest BCUT2D eigenvalue weighted by Crippen LogP contribution is 2.28. The molecule has 0 spiro atoms. The molecule has 0 bridgehead atoms. The molecule has 0 aliphatic carbocycles. The molecule has 0 atom stereocenters. The molecule has 1 amide bonds. The van der Waals surface area contributed by atoms with Crippen molar-refractivity contribution in [3.8, 4) is 17.2 Å². The number of rotatable bonds is 10. The number of ether oxygens (including phenoxy) is 4. The van der Waals surface area contributed by atoms with E-state index in [1.54, 1.807) is 24.3 Å². The third-order valence-electron chi connectivity index (χ3n) is 3.46. The Morgan fingerprint density at radius 2 is 1.82 bits per heavy atom. The average Bonchev–Trinajstić information content (AvgIpc) is 2.70. The zero-order valence-electron chi connectivity index (χ0n) is 15.8. The summed E-state index contributed by atoms with van der Waals surface area (Å²) in [6.07, 6.45) is 1.53. The van der Waals surface area contributed by atoms with Crippen LogP contribution in [0.15, 0.2) is 47.6 Å². The van der Waals surface area contributed by atoms with Gasteiger partial charge >= 0.3 is 6.09 Å². The molecule has 28 heavy (non-hydrogen) atoms. The van der Waals surface area contributed by atoms with Gasteiger partial charge in [-0.05, 0) is 42.8 Å². The molecule has 0 aliphatic heterocycles. The first-order chi connectivity index (χ1) is 13.6. The molecule has 150 valence electrons. The van der Waals surface area contributed by atoms with Crippen LogP contribution in [0.2, 0.25) is 5.02 Å². The van der Waals surface area contributed by atoms with E-state index < -0.39 is 6.09 Å². The van der Waals surface area contributed by atoms with E-state index in [4.69, 9.17) is 25.8 Å². The van der Waals surface area contributed by atoms with Crippen molar-refractivity contribution in [2.45, 2.75) is 13.3 Å². The normalized spacial score (nSPS) is 10.5. The first-order valence-electron chi connectivity index (χ1n) is 8.78. The van der Waals surface area contributed by atoms with Crippen molar-refractivity contribution in [2.75, 3.05) is 26.9 Å². The van der Waals surface area contributed by atoms with Gasteiger partial charge in [0, 0.05) is 6.42 Å². The largest absolute Gasteiger partial charge is 0.492 e. The third-order valence-corrected chi connectivity index (χ3v) is 3.78. The van der Waals surface area contributed by atoms with Crippen molar-refractivity contribution >= 4 is 23.9 Å². The number of halogens is 1. The molecule has 7 nitrogen and oxygen atoms in total. The Hall–Kier alpha value is -2.93. The molecule has 0 radical (unpaired) electrons. The number of hydrogen-bond acceptors (Lipinski definition) is 6. The zero-order chi connectivity index (χ0) is 20.2. The number of benzene rings is 2. The number of nitrogens with zero attached hydrogens (tertiary/aromatic N) is 1. The Bertz CT molecular complexity index is 798. The summed E-state index contributed by atoms with van der Waals surface area (Å²) >= 11 is 6.05. The van der Waals surface area contributed by atoms with Crippen molar-refractivity contribution in [1.82, 2.24) is 5.43 Å². The van der Waals surface area contributed by atoms with Crippen LogP contribution in [0.5, 0.6) is 17.2 Å². The number of amides is 1. The van der Waals surface area contributed by atoms with E-state index in [0.717, 1.165) is 5.56 Å². The minimum Gasteiger partial charge on any atom is -0.492 e. The first-order valence-corrected chi connectivity index (χ1v) is 9.15. The van der Waals surface area contributed by atoms with Gasteiger partial charge in [0.05, 0.1) is 38.2 Å². The fourth-order valence-electron chi connectivity index (χ4n) is 2.18. The quantitative estimate of drug-likeness (QED) is 0.362. The number of carbonyl (C=O) groups excluding carboxylic acids is 1. The van der Waals surface area contributed by atoms with Gasteiger partial charge in [0.2, 0.25) is 0 Å². The van der Waals surface area contributed by atoms with Crippen molar-refractivity contribution in [3.05, 3.63) is 53.1 Å². The fourth-order valence-corrected chi connectivity index (χ4v) is 2.37. The third kappa shape index (κ3) is 7.00. The molecular weight excluding hydrogens is 384 g/mol. The molecule has 0 saturated heterocycles. The van der Waals surface area contributed by atoms with Crippen molar-refractivity contribution < 1.29 is 23.7 Å². The van der Waals surface area contributed by atoms with Crippen LogP contribution in [-0.4, -0.2) is 39.2 Å². The molecular formula is C20H23ClN2O5. The molecule has 2 rings (SSSR count). The van der Waals surface area contributed by atoms with Gasteiger partial charge in [-0.1, -0.05) is 23.7 Å². The predicted octanol–water partition coefficient (Wildman–Crippen LogP) is 4.28. The van der Waals surface area contributed by atoms with Crippen LogP contribution in [0.25, 0.3) is 0 Å². The van der Waals surface area contributed by atoms with Crippen LogP contribution in [0.3, 0.4) is 0 Å². The summed E-state index contributed by atoms with van der Waals surface area (Å²) in [6.45, 7) is 3.33. The lowest BCUT2D eigenvalue weighted by atomic mass is 10.2. The van der Waals surface area contributed by atoms with E-state index in [9.17, 15) is 4.79 Å². The van der Waals surface area contributed by atoms with Gasteiger partial charge < -0.3 is 18.9 Å². The molecule has 0 unspecified atom stereocenters. The number of nitrogens with one attached hydrogen (secondary N) is 1. The smallest absolute Gasteiger partial charge is 0.427 e. The van der Waals surface area contributed by atoms with Gasteiger partial charge in [0.15, 0.2) is 11.5 Å². The van der Waals surface area contributed by atoms with Gasteiger partial charge in [-0.3, -0.25) is 0 Å². The van der Waals surface area contributed by atoms with E-state index in [1.807, 2.05) is 25.1 Å². The van der Waals surface area contributed by atoms with E-state index in [1.165, 1.54) is 13.3 Å². The summed E-state index contributed by atoms with van der Waals surface area (Å²) < 4.78 is 21.5. The number of hydrogen-bond donors (Lipinski definition) is 1. The monoisotopic (exact) mass is 406 g/mol. The van der Waals surface area contributed by atoms with Gasteiger partial charge in [-0.2, -0.15) is 5.10 Å². The average molecular weight is 407 g/mol. The maximum Gasteiger partial charge on any atom is 0.427 e. The SMILES string of the molecule is CCOc1cc(/C=N\NC(=O)OC)ccc1OCCCOc1ccccc1Cl. The lowest BCUT2D eigenvalue weighted by Crippen LogP contribution is -2.16. The summed E-state index contributed by atoms with van der Waals surface area (Å²) in [5, 5.41) is 4.38. The molecule has 0 heterocycles. The molecule has 1 N–H and O–H groups in total. The van der Waals surface area contributed by atoms with Crippen LogP contribution in [-0.2, 0) is 4.74 Å². The Balaban J connectivity index is 1.86. The van der Waals surface area contributed by atoms with E-state index in [2.05, 4.69) is 15.3 Å². The molecule has 0 saturated carbocycles. The second kappa shape index (κ2) is 11.7. The number of carbonyl (C=O) groups is 1. The van der Waals surface area contributed by atoms with Crippen molar-refractivity contribution in [2.24, 2.45) is 5.10 Å². The summed E-state index contributed by atoms with van der Waals surface area (Å²) in [7, 11) is 1.27. The predicted molar refractivity (Wildman–Crippen MR) is 108 cm³/mol. The molecule has 0 aromatic heterocycles. The Morgan fingerprint density at radius 1 is 1.07 bits per heavy atom. The highest BCUT2D eigenvalue weighted by Gasteiger charge is 2.07. The topological polar surface area (TPSA) is 78.4 Å². The first kappa shape index (κ1) is 21.4. The van der Waals surface area contributed by atoms with Crippen molar-refractivity contribution in [1.29, 1.82) is 0 Å². The second-order valence-electron chi connectivity index (χ2n) is 5.48. The number of hydrazone groups is 1.